The summed E-state index contributed by atoms with van der Waals surface area (Å²) in [6.45, 7) is 0.759. The van der Waals surface area contributed by atoms with Gasteiger partial charge in [0.1, 0.15) is 0 Å². The largest absolute Gasteiger partial charge is 0.369 e. The predicted octanol–water partition coefficient (Wildman–Crippen LogP) is -0.00683. The maximum absolute atomic E-state index is 6.88. The fourth-order valence-electron chi connectivity index (χ4n) is 0.577. The van der Waals surface area contributed by atoms with E-state index in [-0.39, 0.29) is 18.4 Å². The molecule has 1 aliphatic rings. The molecule has 0 fully saturated rings. The third kappa shape index (κ3) is 1.89. The summed E-state index contributed by atoms with van der Waals surface area (Å²) in [5.41, 5.74) is 5.09. The summed E-state index contributed by atoms with van der Waals surface area (Å²) in [5, 5.41) is 12.1. The van der Waals surface area contributed by atoms with Crippen molar-refractivity contribution in [3.63, 3.8) is 0 Å². The van der Waals surface area contributed by atoms with Crippen molar-refractivity contribution < 1.29 is 0 Å². The van der Waals surface area contributed by atoms with E-state index in [1.165, 1.54) is 5.01 Å². The minimum absolute atomic E-state index is 0. The quantitative estimate of drug-likeness (QED) is 0.375. The highest BCUT2D eigenvalue weighted by Crippen LogP contribution is 1.95. The van der Waals surface area contributed by atoms with Crippen LogP contribution in [0.15, 0.2) is 5.10 Å². The first-order valence-corrected chi connectivity index (χ1v) is 2.44. The van der Waals surface area contributed by atoms with Crippen LogP contribution in [0.1, 0.15) is 6.42 Å². The number of nitrogens with zero attached hydrogens (tertiary/aromatic N) is 2. The number of guanidine groups is 1. The highest BCUT2D eigenvalue weighted by molar-refractivity contribution is 5.85. The first kappa shape index (κ1) is 8.23. The molecule has 0 radical (unpaired) electrons. The second-order valence-corrected chi connectivity index (χ2v) is 1.60. The molecule has 0 unspecified atom stereocenters. The third-order valence-corrected chi connectivity index (χ3v) is 0.969. The average molecular weight is 149 g/mol. The van der Waals surface area contributed by atoms with E-state index in [9.17, 15) is 0 Å². The van der Waals surface area contributed by atoms with Crippen LogP contribution < -0.4 is 5.73 Å². The molecule has 0 aliphatic carbocycles. The number of hydrazone groups is 1. The van der Waals surface area contributed by atoms with Gasteiger partial charge in [-0.25, -0.2) is 5.01 Å². The number of hydrogen-bond acceptors (Lipinski definition) is 2. The molecule has 0 aromatic carbocycles. The summed E-state index contributed by atoms with van der Waals surface area (Å²) in [6, 6.07) is 0. The SMILES string of the molecule is Cl.N=C(N)N1CCC=N1. The van der Waals surface area contributed by atoms with Gasteiger partial charge >= 0.3 is 0 Å². The first-order valence-electron chi connectivity index (χ1n) is 2.44. The number of nitrogens with one attached hydrogen (secondary N) is 1. The molecule has 9 heavy (non-hydrogen) atoms. The van der Waals surface area contributed by atoms with Crippen molar-refractivity contribution in [3.05, 3.63) is 0 Å². The van der Waals surface area contributed by atoms with Crippen LogP contribution in [0.2, 0.25) is 0 Å². The standard InChI is InChI=1S/C4H8N4.ClH/c5-4(6)8-3-1-2-7-8;/h2H,1,3H2,(H3,5,6);1H. The van der Waals surface area contributed by atoms with E-state index in [0.717, 1.165) is 13.0 Å². The van der Waals surface area contributed by atoms with Crippen molar-refractivity contribution in [1.82, 2.24) is 5.01 Å². The molecule has 0 bridgehead atoms. The Balaban J connectivity index is 0.000000640. The van der Waals surface area contributed by atoms with Gasteiger partial charge in [-0.1, -0.05) is 0 Å². The van der Waals surface area contributed by atoms with E-state index in [0.29, 0.717) is 0 Å². The summed E-state index contributed by atoms with van der Waals surface area (Å²) in [5.74, 6) is 0.0266. The van der Waals surface area contributed by atoms with Gasteiger partial charge in [-0.2, -0.15) is 5.10 Å². The Morgan fingerprint density at radius 2 is 2.44 bits per heavy atom. The third-order valence-electron chi connectivity index (χ3n) is 0.969. The Labute approximate surface area is 59.6 Å². The van der Waals surface area contributed by atoms with Gasteiger partial charge in [-0.05, 0) is 0 Å². The Bertz CT molecular complexity index is 133. The molecule has 5 heteroatoms. The first-order chi connectivity index (χ1) is 3.80. The van der Waals surface area contributed by atoms with Crippen LogP contribution in [0.5, 0.6) is 0 Å². The molecular weight excluding hydrogens is 140 g/mol. The zero-order valence-electron chi connectivity index (χ0n) is 4.87. The molecule has 0 aromatic heterocycles. The van der Waals surface area contributed by atoms with Crippen molar-refractivity contribution in [2.24, 2.45) is 10.8 Å². The molecule has 4 nitrogen and oxygen atoms in total. The minimum Gasteiger partial charge on any atom is -0.369 e. The average Bonchev–Trinajstić information content (AvgIpc) is 2.12. The zero-order chi connectivity index (χ0) is 5.98. The Morgan fingerprint density at radius 3 is 2.67 bits per heavy atom. The molecule has 1 aliphatic heterocycles. The van der Waals surface area contributed by atoms with E-state index in [1.54, 1.807) is 6.21 Å². The van der Waals surface area contributed by atoms with Crippen molar-refractivity contribution in [2.75, 3.05) is 6.54 Å². The second-order valence-electron chi connectivity index (χ2n) is 1.60. The minimum atomic E-state index is 0. The van der Waals surface area contributed by atoms with Gasteiger partial charge < -0.3 is 5.73 Å². The van der Waals surface area contributed by atoms with Crippen LogP contribution in [0.25, 0.3) is 0 Å². The Kier molecular flexibility index (Phi) is 3.01. The lowest BCUT2D eigenvalue weighted by Crippen LogP contribution is -2.29. The van der Waals surface area contributed by atoms with Gasteiger partial charge in [0, 0.05) is 19.2 Å². The number of halogens is 1. The molecule has 1 rings (SSSR count). The molecule has 0 atom stereocenters. The fourth-order valence-corrected chi connectivity index (χ4v) is 0.577. The molecular formula is C4H9ClN4. The normalized spacial score (nSPS) is 15.3. The van der Waals surface area contributed by atoms with Gasteiger partial charge in [0.2, 0.25) is 5.96 Å². The van der Waals surface area contributed by atoms with Gasteiger partial charge in [0.15, 0.2) is 0 Å². The maximum atomic E-state index is 6.88. The number of hydrogen-bond donors (Lipinski definition) is 2. The van der Waals surface area contributed by atoms with Gasteiger partial charge in [-0.3, -0.25) is 5.41 Å². The van der Waals surface area contributed by atoms with Crippen LogP contribution in [-0.2, 0) is 0 Å². The van der Waals surface area contributed by atoms with Crippen LogP contribution >= 0.6 is 12.4 Å². The fraction of sp³-hybridized carbons (Fsp3) is 0.500. The molecule has 0 amide bonds. The second kappa shape index (κ2) is 3.29. The summed E-state index contributed by atoms with van der Waals surface area (Å²) in [6.07, 6.45) is 2.65. The van der Waals surface area contributed by atoms with Gasteiger partial charge in [-0.15, -0.1) is 12.4 Å². The summed E-state index contributed by atoms with van der Waals surface area (Å²) >= 11 is 0. The summed E-state index contributed by atoms with van der Waals surface area (Å²) in [7, 11) is 0. The molecule has 0 saturated carbocycles. The topological polar surface area (TPSA) is 65.5 Å². The molecule has 52 valence electrons. The molecule has 0 aromatic rings. The predicted molar refractivity (Wildman–Crippen MR) is 39.0 cm³/mol. The van der Waals surface area contributed by atoms with Crippen LogP contribution in [-0.4, -0.2) is 23.7 Å². The summed E-state index contributed by atoms with van der Waals surface area (Å²) in [4.78, 5) is 0. The van der Waals surface area contributed by atoms with Gasteiger partial charge in [0.05, 0.1) is 0 Å². The van der Waals surface area contributed by atoms with Crippen molar-refractivity contribution >= 4 is 24.6 Å². The molecule has 3 N–H and O–H groups in total. The van der Waals surface area contributed by atoms with E-state index < -0.39 is 0 Å². The van der Waals surface area contributed by atoms with E-state index in [4.69, 9.17) is 11.1 Å². The van der Waals surface area contributed by atoms with Gasteiger partial charge in [0.25, 0.3) is 0 Å². The van der Waals surface area contributed by atoms with E-state index in [2.05, 4.69) is 5.10 Å². The van der Waals surface area contributed by atoms with E-state index >= 15 is 0 Å². The van der Waals surface area contributed by atoms with Crippen molar-refractivity contribution in [2.45, 2.75) is 6.42 Å². The smallest absolute Gasteiger partial charge is 0.209 e. The number of rotatable bonds is 0. The van der Waals surface area contributed by atoms with E-state index in [1.807, 2.05) is 0 Å². The lowest BCUT2D eigenvalue weighted by molar-refractivity contribution is 0.482. The molecule has 1 heterocycles. The molecule has 0 saturated heterocycles. The highest BCUT2D eigenvalue weighted by Gasteiger charge is 2.06. The van der Waals surface area contributed by atoms with Crippen molar-refractivity contribution in [1.29, 1.82) is 5.41 Å². The lowest BCUT2D eigenvalue weighted by atomic mass is 10.5. The molecule has 0 spiro atoms. The Morgan fingerprint density at radius 1 is 1.78 bits per heavy atom. The van der Waals surface area contributed by atoms with Crippen LogP contribution in [0, 0.1) is 5.41 Å². The lowest BCUT2D eigenvalue weighted by Gasteiger charge is -2.08. The summed E-state index contributed by atoms with van der Waals surface area (Å²) < 4.78 is 0. The van der Waals surface area contributed by atoms with Crippen LogP contribution in [0.3, 0.4) is 0 Å². The zero-order valence-corrected chi connectivity index (χ0v) is 5.69. The number of nitrogens with two attached hydrogens (primary N) is 1. The Hall–Kier alpha value is -0.770. The van der Waals surface area contributed by atoms with Crippen LogP contribution in [0.4, 0.5) is 0 Å². The monoisotopic (exact) mass is 148 g/mol. The highest BCUT2D eigenvalue weighted by atomic mass is 35.5. The maximum Gasteiger partial charge on any atom is 0.209 e. The van der Waals surface area contributed by atoms with Crippen molar-refractivity contribution in [3.8, 4) is 0 Å².